The molecular formula is C26H29N3O5S. The Morgan fingerprint density at radius 1 is 1.00 bits per heavy atom. The fourth-order valence-corrected chi connectivity index (χ4v) is 4.02. The van der Waals surface area contributed by atoms with Crippen LogP contribution in [-0.2, 0) is 14.4 Å². The summed E-state index contributed by atoms with van der Waals surface area (Å²) in [4.78, 5) is 51.0. The van der Waals surface area contributed by atoms with Crippen LogP contribution in [0.15, 0.2) is 59.6 Å². The minimum Gasteiger partial charge on any atom is -0.494 e. The second kappa shape index (κ2) is 11.2. The van der Waals surface area contributed by atoms with Gasteiger partial charge in [0.25, 0.3) is 5.91 Å². The largest absolute Gasteiger partial charge is 0.494 e. The van der Waals surface area contributed by atoms with Crippen LogP contribution in [0, 0.1) is 5.41 Å². The Morgan fingerprint density at radius 2 is 1.60 bits per heavy atom. The number of allylic oxidation sites excluding steroid dienone is 1. The highest BCUT2D eigenvalue weighted by Gasteiger charge is 2.30. The average Bonchev–Trinajstić information content (AvgIpc) is 3.14. The molecule has 0 spiro atoms. The zero-order valence-electron chi connectivity index (χ0n) is 20.2. The molecule has 2 N–H and O–H groups in total. The van der Waals surface area contributed by atoms with Crippen molar-refractivity contribution < 1.29 is 23.9 Å². The molecule has 184 valence electrons. The van der Waals surface area contributed by atoms with Gasteiger partial charge in [-0.2, -0.15) is 0 Å². The molecule has 0 saturated carbocycles. The molecule has 3 rings (SSSR count). The Hall–Kier alpha value is -3.59. The SMILES string of the molecule is CCOc1ccc(NC(=O)c2ccc(NC(=O)CN3C(=O)CS/C3=C\C(=O)C(C)(C)C)cc2)cc1. The number of hydrogen-bond acceptors (Lipinski definition) is 6. The van der Waals surface area contributed by atoms with Crippen LogP contribution < -0.4 is 15.4 Å². The molecule has 1 aliphatic rings. The first kappa shape index (κ1) is 26.0. The van der Waals surface area contributed by atoms with Crippen molar-refractivity contribution in [3.63, 3.8) is 0 Å². The Kier molecular flexibility index (Phi) is 8.34. The minimum absolute atomic E-state index is 0.112. The van der Waals surface area contributed by atoms with Gasteiger partial charge in [-0.25, -0.2) is 0 Å². The molecule has 0 bridgehead atoms. The lowest BCUT2D eigenvalue weighted by Crippen LogP contribution is -2.34. The molecule has 0 radical (unpaired) electrons. The molecule has 0 aliphatic carbocycles. The van der Waals surface area contributed by atoms with Crippen LogP contribution in [-0.4, -0.2) is 47.3 Å². The number of amides is 3. The normalized spacial score (nSPS) is 14.7. The minimum atomic E-state index is -0.575. The Labute approximate surface area is 209 Å². The van der Waals surface area contributed by atoms with Crippen molar-refractivity contribution in [2.24, 2.45) is 5.41 Å². The number of nitrogens with zero attached hydrogens (tertiary/aromatic N) is 1. The zero-order valence-corrected chi connectivity index (χ0v) is 21.0. The van der Waals surface area contributed by atoms with Crippen LogP contribution >= 0.6 is 11.8 Å². The van der Waals surface area contributed by atoms with E-state index in [1.54, 1.807) is 69.3 Å². The van der Waals surface area contributed by atoms with Crippen molar-refractivity contribution in [3.8, 4) is 5.75 Å². The smallest absolute Gasteiger partial charge is 0.255 e. The Balaban J connectivity index is 1.58. The van der Waals surface area contributed by atoms with Crippen LogP contribution in [0.5, 0.6) is 5.75 Å². The van der Waals surface area contributed by atoms with Crippen molar-refractivity contribution in [1.82, 2.24) is 4.90 Å². The molecule has 9 heteroatoms. The van der Waals surface area contributed by atoms with Crippen molar-refractivity contribution in [2.45, 2.75) is 27.7 Å². The summed E-state index contributed by atoms with van der Waals surface area (Å²) in [5.41, 5.74) is 0.976. The van der Waals surface area contributed by atoms with E-state index >= 15 is 0 Å². The zero-order chi connectivity index (χ0) is 25.6. The Bertz CT molecular complexity index is 1140. The van der Waals surface area contributed by atoms with Crippen LogP contribution in [0.25, 0.3) is 0 Å². The van der Waals surface area contributed by atoms with E-state index in [1.165, 1.54) is 22.7 Å². The van der Waals surface area contributed by atoms with Gasteiger partial charge >= 0.3 is 0 Å². The molecule has 0 atom stereocenters. The molecule has 1 saturated heterocycles. The molecule has 0 aromatic heterocycles. The molecule has 1 heterocycles. The summed E-state index contributed by atoms with van der Waals surface area (Å²) in [6.45, 7) is 7.66. The fourth-order valence-electron chi connectivity index (χ4n) is 3.08. The van der Waals surface area contributed by atoms with E-state index in [2.05, 4.69) is 10.6 Å². The first-order valence-corrected chi connectivity index (χ1v) is 12.2. The number of hydrogen-bond donors (Lipinski definition) is 2. The third-order valence-electron chi connectivity index (χ3n) is 5.06. The molecule has 8 nitrogen and oxygen atoms in total. The van der Waals surface area contributed by atoms with Crippen LogP contribution in [0.2, 0.25) is 0 Å². The highest BCUT2D eigenvalue weighted by molar-refractivity contribution is 8.04. The number of anilines is 2. The van der Waals surface area contributed by atoms with E-state index in [0.717, 1.165) is 5.75 Å². The van der Waals surface area contributed by atoms with E-state index in [9.17, 15) is 19.2 Å². The summed E-state index contributed by atoms with van der Waals surface area (Å²) in [5.74, 6) is -0.109. The van der Waals surface area contributed by atoms with Crippen LogP contribution in [0.3, 0.4) is 0 Å². The second-order valence-corrected chi connectivity index (χ2v) is 9.90. The number of ketones is 1. The number of carbonyl (C=O) groups is 4. The predicted octanol–water partition coefficient (Wildman–Crippen LogP) is 4.31. The van der Waals surface area contributed by atoms with Crippen molar-refractivity contribution >= 4 is 46.6 Å². The lowest BCUT2D eigenvalue weighted by Gasteiger charge is -2.19. The van der Waals surface area contributed by atoms with Gasteiger partial charge in [-0.1, -0.05) is 32.5 Å². The second-order valence-electron chi connectivity index (χ2n) is 8.90. The number of thioether (sulfide) groups is 1. The van der Waals surface area contributed by atoms with Crippen molar-refractivity contribution in [1.29, 1.82) is 0 Å². The first-order valence-electron chi connectivity index (χ1n) is 11.2. The third-order valence-corrected chi connectivity index (χ3v) is 6.09. The maximum absolute atomic E-state index is 12.6. The van der Waals surface area contributed by atoms with E-state index in [-0.39, 0.29) is 29.9 Å². The van der Waals surface area contributed by atoms with Gasteiger partial charge < -0.3 is 15.4 Å². The molecular weight excluding hydrogens is 466 g/mol. The van der Waals surface area contributed by atoms with Gasteiger partial charge in [0.2, 0.25) is 11.8 Å². The lowest BCUT2D eigenvalue weighted by atomic mass is 9.91. The fraction of sp³-hybridized carbons (Fsp3) is 0.308. The molecule has 0 unspecified atom stereocenters. The molecule has 2 aromatic rings. The standard InChI is InChI=1S/C26H29N3O5S/c1-5-34-20-12-10-19(11-13-20)28-25(33)17-6-8-18(9-7-17)27-22(31)15-29-23(32)16-35-24(29)14-21(30)26(2,3)4/h6-14H,5,15-16H2,1-4H3,(H,27,31)(H,28,33)/b24-14-. The summed E-state index contributed by atoms with van der Waals surface area (Å²) in [6, 6.07) is 13.5. The first-order chi connectivity index (χ1) is 16.6. The number of rotatable bonds is 8. The van der Waals surface area contributed by atoms with Gasteiger partial charge in [0, 0.05) is 28.4 Å². The Morgan fingerprint density at radius 3 is 2.20 bits per heavy atom. The molecule has 3 amide bonds. The molecule has 35 heavy (non-hydrogen) atoms. The summed E-state index contributed by atoms with van der Waals surface area (Å²) in [5, 5.41) is 6.02. The average molecular weight is 496 g/mol. The summed E-state index contributed by atoms with van der Waals surface area (Å²) >= 11 is 1.25. The van der Waals surface area contributed by atoms with Gasteiger partial charge in [0.1, 0.15) is 12.3 Å². The summed E-state index contributed by atoms with van der Waals surface area (Å²) < 4.78 is 5.39. The number of nitrogens with one attached hydrogen (secondary N) is 2. The van der Waals surface area contributed by atoms with E-state index in [0.29, 0.717) is 28.6 Å². The quantitative estimate of drug-likeness (QED) is 0.529. The lowest BCUT2D eigenvalue weighted by molar-refractivity contribution is -0.129. The summed E-state index contributed by atoms with van der Waals surface area (Å²) in [6.07, 6.45) is 1.43. The van der Waals surface area contributed by atoms with Gasteiger partial charge in [-0.3, -0.25) is 24.1 Å². The van der Waals surface area contributed by atoms with Gasteiger partial charge in [0.15, 0.2) is 5.78 Å². The predicted molar refractivity (Wildman–Crippen MR) is 137 cm³/mol. The highest BCUT2D eigenvalue weighted by atomic mass is 32.2. The van der Waals surface area contributed by atoms with Gasteiger partial charge in [-0.05, 0) is 55.5 Å². The highest BCUT2D eigenvalue weighted by Crippen LogP contribution is 2.30. The molecule has 1 aliphatic heterocycles. The van der Waals surface area contributed by atoms with Crippen molar-refractivity contribution in [2.75, 3.05) is 29.5 Å². The van der Waals surface area contributed by atoms with Crippen molar-refractivity contribution in [3.05, 3.63) is 65.2 Å². The van der Waals surface area contributed by atoms with Crippen LogP contribution in [0.4, 0.5) is 11.4 Å². The number of benzene rings is 2. The number of ether oxygens (including phenoxy) is 1. The maximum atomic E-state index is 12.6. The number of carbonyl (C=O) groups excluding carboxylic acids is 4. The topological polar surface area (TPSA) is 105 Å². The third kappa shape index (κ3) is 7.19. The van der Waals surface area contributed by atoms with E-state index in [1.807, 2.05) is 6.92 Å². The monoisotopic (exact) mass is 495 g/mol. The molecule has 2 aromatic carbocycles. The molecule has 1 fully saturated rings. The summed E-state index contributed by atoms with van der Waals surface area (Å²) in [7, 11) is 0. The van der Waals surface area contributed by atoms with E-state index in [4.69, 9.17) is 4.74 Å². The van der Waals surface area contributed by atoms with E-state index < -0.39 is 11.3 Å². The maximum Gasteiger partial charge on any atom is 0.255 e. The van der Waals surface area contributed by atoms with Crippen LogP contribution in [0.1, 0.15) is 38.1 Å². The van der Waals surface area contributed by atoms with Gasteiger partial charge in [0.05, 0.1) is 17.4 Å². The van der Waals surface area contributed by atoms with Gasteiger partial charge in [-0.15, -0.1) is 0 Å².